The van der Waals surface area contributed by atoms with Crippen molar-refractivity contribution in [1.29, 1.82) is 0 Å². The number of unbranched alkanes of at least 4 members (excludes halogenated alkanes) is 45. The first-order chi connectivity index (χ1) is 40.0. The molecule has 0 rings (SSSR count). The summed E-state index contributed by atoms with van der Waals surface area (Å²) in [5.41, 5.74) is 0. The molecular formula is C75H136O6. The number of hydrogen-bond acceptors (Lipinski definition) is 6. The molecule has 1 unspecified atom stereocenters. The molecule has 0 spiro atoms. The lowest BCUT2D eigenvalue weighted by Gasteiger charge is -2.18. The van der Waals surface area contributed by atoms with Gasteiger partial charge < -0.3 is 14.2 Å². The van der Waals surface area contributed by atoms with Crippen LogP contribution in [0.25, 0.3) is 0 Å². The maximum Gasteiger partial charge on any atom is 0.306 e. The molecule has 0 aliphatic heterocycles. The molecule has 0 aromatic carbocycles. The van der Waals surface area contributed by atoms with Gasteiger partial charge in [0.25, 0.3) is 0 Å². The van der Waals surface area contributed by atoms with Crippen molar-refractivity contribution in [2.24, 2.45) is 0 Å². The van der Waals surface area contributed by atoms with Gasteiger partial charge in [0.2, 0.25) is 0 Å². The van der Waals surface area contributed by atoms with Crippen LogP contribution in [0.1, 0.15) is 380 Å². The lowest BCUT2D eigenvalue weighted by atomic mass is 10.0. The summed E-state index contributed by atoms with van der Waals surface area (Å²) in [6.45, 7) is 6.59. The van der Waals surface area contributed by atoms with E-state index in [1.54, 1.807) is 0 Å². The van der Waals surface area contributed by atoms with Crippen molar-refractivity contribution in [3.8, 4) is 0 Å². The van der Waals surface area contributed by atoms with Crippen molar-refractivity contribution >= 4 is 17.9 Å². The van der Waals surface area contributed by atoms with Gasteiger partial charge in [-0.15, -0.1) is 0 Å². The summed E-state index contributed by atoms with van der Waals surface area (Å²) in [5.74, 6) is -0.846. The van der Waals surface area contributed by atoms with Crippen molar-refractivity contribution in [3.63, 3.8) is 0 Å². The second kappa shape index (κ2) is 69.6. The van der Waals surface area contributed by atoms with Crippen LogP contribution in [0, 0.1) is 0 Å². The zero-order chi connectivity index (χ0) is 58.5. The molecule has 0 radical (unpaired) electrons. The summed E-state index contributed by atoms with van der Waals surface area (Å²) in [5, 5.41) is 0. The Morgan fingerprint density at radius 2 is 0.481 bits per heavy atom. The molecule has 0 aliphatic carbocycles. The molecule has 0 aliphatic rings. The highest BCUT2D eigenvalue weighted by molar-refractivity contribution is 5.71. The Morgan fingerprint density at radius 1 is 0.259 bits per heavy atom. The number of rotatable bonds is 66. The zero-order valence-electron chi connectivity index (χ0n) is 54.3. The summed E-state index contributed by atoms with van der Waals surface area (Å²) < 4.78 is 17.0. The van der Waals surface area contributed by atoms with Crippen molar-refractivity contribution in [2.75, 3.05) is 13.2 Å². The zero-order valence-corrected chi connectivity index (χ0v) is 54.3. The van der Waals surface area contributed by atoms with Gasteiger partial charge in [-0.1, -0.05) is 338 Å². The van der Waals surface area contributed by atoms with Crippen LogP contribution in [0.4, 0.5) is 0 Å². The number of esters is 3. The number of carbonyl (C=O) groups is 3. The maximum absolute atomic E-state index is 12.9. The van der Waals surface area contributed by atoms with Gasteiger partial charge in [-0.05, 0) is 83.5 Å². The first-order valence-electron chi connectivity index (χ1n) is 35.8. The minimum atomic E-state index is -0.773. The van der Waals surface area contributed by atoms with E-state index in [2.05, 4.69) is 81.5 Å². The van der Waals surface area contributed by atoms with E-state index < -0.39 is 6.10 Å². The van der Waals surface area contributed by atoms with Crippen molar-refractivity contribution in [3.05, 3.63) is 60.8 Å². The van der Waals surface area contributed by atoms with Crippen LogP contribution in [0.5, 0.6) is 0 Å². The quantitative estimate of drug-likeness (QED) is 0.0261. The van der Waals surface area contributed by atoms with Gasteiger partial charge in [0.1, 0.15) is 13.2 Å². The van der Waals surface area contributed by atoms with Crippen LogP contribution < -0.4 is 0 Å². The van der Waals surface area contributed by atoms with Crippen LogP contribution in [0.15, 0.2) is 60.8 Å². The highest BCUT2D eigenvalue weighted by atomic mass is 16.6. The Morgan fingerprint density at radius 3 is 0.765 bits per heavy atom. The normalized spacial score (nSPS) is 12.4. The number of ether oxygens (including phenoxy) is 3. The average Bonchev–Trinajstić information content (AvgIpc) is 3.47. The van der Waals surface area contributed by atoms with E-state index in [0.29, 0.717) is 19.3 Å². The molecule has 0 bridgehead atoms. The van der Waals surface area contributed by atoms with Gasteiger partial charge in [-0.3, -0.25) is 14.4 Å². The maximum atomic E-state index is 12.9. The third-order valence-corrected chi connectivity index (χ3v) is 16.0. The molecule has 0 heterocycles. The van der Waals surface area contributed by atoms with Gasteiger partial charge in [-0.25, -0.2) is 0 Å². The molecule has 0 amide bonds. The van der Waals surface area contributed by atoms with Crippen LogP contribution in [0.2, 0.25) is 0 Å². The van der Waals surface area contributed by atoms with E-state index in [1.165, 1.54) is 257 Å². The molecule has 1 atom stereocenters. The molecule has 472 valence electrons. The summed E-state index contributed by atoms with van der Waals surface area (Å²) >= 11 is 0. The van der Waals surface area contributed by atoms with Crippen LogP contribution in [-0.2, 0) is 28.6 Å². The molecule has 0 N–H and O–H groups in total. The first-order valence-corrected chi connectivity index (χ1v) is 35.8. The Kier molecular flexibility index (Phi) is 67.1. The van der Waals surface area contributed by atoms with E-state index in [4.69, 9.17) is 14.2 Å². The second-order valence-corrected chi connectivity index (χ2v) is 24.1. The first kappa shape index (κ1) is 78.1. The smallest absolute Gasteiger partial charge is 0.306 e. The summed E-state index contributed by atoms with van der Waals surface area (Å²) in [7, 11) is 0. The Balaban J connectivity index is 4.19. The molecule has 0 fully saturated rings. The predicted molar refractivity (Wildman–Crippen MR) is 353 cm³/mol. The molecule has 0 saturated carbocycles. The highest BCUT2D eigenvalue weighted by Crippen LogP contribution is 2.18. The third-order valence-electron chi connectivity index (χ3n) is 16.0. The SMILES string of the molecule is CC/C=C\C/C=C\C/C=C\C/C=C\CCCCCCCCCCCCCCCCCCCCC(=O)OCC(COC(=O)CCCCCCCCCCCCCCCCC)OC(=O)CCCCCCCCC/C=C\CCCCCCCC. The second-order valence-electron chi connectivity index (χ2n) is 24.1. The van der Waals surface area contributed by atoms with Crippen molar-refractivity contribution < 1.29 is 28.6 Å². The molecule has 81 heavy (non-hydrogen) atoms. The van der Waals surface area contributed by atoms with Gasteiger partial charge in [0.15, 0.2) is 6.10 Å². The molecule has 0 aromatic rings. The van der Waals surface area contributed by atoms with E-state index in [-0.39, 0.29) is 31.1 Å². The van der Waals surface area contributed by atoms with E-state index >= 15 is 0 Å². The fourth-order valence-corrected chi connectivity index (χ4v) is 10.7. The Labute approximate surface area is 504 Å². The Hall–Kier alpha value is -2.89. The van der Waals surface area contributed by atoms with Crippen molar-refractivity contribution in [2.45, 2.75) is 386 Å². The Bertz CT molecular complexity index is 1440. The monoisotopic (exact) mass is 1130 g/mol. The number of carbonyl (C=O) groups excluding carboxylic acids is 3. The predicted octanol–water partition coefficient (Wildman–Crippen LogP) is 24.7. The molecule has 6 nitrogen and oxygen atoms in total. The molecular weight excluding hydrogens is 997 g/mol. The van der Waals surface area contributed by atoms with E-state index in [9.17, 15) is 14.4 Å². The van der Waals surface area contributed by atoms with E-state index in [1.807, 2.05) is 0 Å². The average molecular weight is 1130 g/mol. The van der Waals surface area contributed by atoms with Gasteiger partial charge >= 0.3 is 17.9 Å². The summed E-state index contributed by atoms with van der Waals surface area (Å²) in [4.78, 5) is 38.4. The highest BCUT2D eigenvalue weighted by Gasteiger charge is 2.19. The van der Waals surface area contributed by atoms with Crippen LogP contribution >= 0.6 is 0 Å². The summed E-state index contributed by atoms with van der Waals surface area (Å²) in [6, 6.07) is 0. The van der Waals surface area contributed by atoms with Crippen molar-refractivity contribution in [1.82, 2.24) is 0 Å². The largest absolute Gasteiger partial charge is 0.462 e. The standard InChI is InChI=1S/C75H136O6/c1-4-7-10-13-16-19-22-25-28-30-31-32-33-34-35-36-37-38-39-40-41-42-43-45-47-50-53-56-59-62-65-68-74(77)80-71-72(70-79-73(76)67-64-61-58-55-52-49-46-27-24-21-18-15-12-9-6-3)81-75(78)69-66-63-60-57-54-51-48-44-29-26-23-20-17-14-11-8-5-2/h7,10,16,19,25-26,28-29,31-32,72H,4-6,8-9,11-15,17-18,20-24,27,30,33-71H2,1-3H3/b10-7-,19-16-,28-25-,29-26-,32-31-. The lowest BCUT2D eigenvalue weighted by Crippen LogP contribution is -2.30. The minimum Gasteiger partial charge on any atom is -0.462 e. The van der Waals surface area contributed by atoms with E-state index in [0.717, 1.165) is 83.5 Å². The fourth-order valence-electron chi connectivity index (χ4n) is 10.7. The third kappa shape index (κ3) is 67.8. The number of allylic oxidation sites excluding steroid dienone is 10. The molecule has 0 aromatic heterocycles. The minimum absolute atomic E-state index is 0.0693. The molecule has 6 heteroatoms. The van der Waals surface area contributed by atoms with Gasteiger partial charge in [-0.2, -0.15) is 0 Å². The lowest BCUT2D eigenvalue weighted by molar-refractivity contribution is -0.167. The topological polar surface area (TPSA) is 78.9 Å². The fraction of sp³-hybridized carbons (Fsp3) is 0.827. The van der Waals surface area contributed by atoms with Gasteiger partial charge in [0.05, 0.1) is 0 Å². The molecule has 0 saturated heterocycles. The summed E-state index contributed by atoms with van der Waals surface area (Å²) in [6.07, 6.45) is 89.7. The van der Waals surface area contributed by atoms with Crippen LogP contribution in [-0.4, -0.2) is 37.2 Å². The number of hydrogen-bond donors (Lipinski definition) is 0. The van der Waals surface area contributed by atoms with Crippen LogP contribution in [0.3, 0.4) is 0 Å². The van der Waals surface area contributed by atoms with Gasteiger partial charge in [0, 0.05) is 19.3 Å².